The maximum absolute atomic E-state index is 5.57. The number of rotatable bonds is 4. The van der Waals surface area contributed by atoms with Crippen LogP contribution in [-0.4, -0.2) is 49.8 Å². The monoisotopic (exact) mass is 240 g/mol. The van der Waals surface area contributed by atoms with E-state index in [2.05, 4.69) is 17.1 Å². The molecule has 2 aliphatic rings. The van der Waals surface area contributed by atoms with Crippen LogP contribution in [0.1, 0.15) is 45.4 Å². The highest BCUT2D eigenvalue weighted by Crippen LogP contribution is 2.17. The zero-order valence-corrected chi connectivity index (χ0v) is 11.3. The minimum Gasteiger partial charge on any atom is -0.381 e. The van der Waals surface area contributed by atoms with Crippen LogP contribution in [0, 0.1) is 0 Å². The van der Waals surface area contributed by atoms with Gasteiger partial charge in [0.15, 0.2) is 0 Å². The van der Waals surface area contributed by atoms with Crippen LogP contribution in [-0.2, 0) is 4.74 Å². The second-order valence-corrected chi connectivity index (χ2v) is 5.43. The summed E-state index contributed by atoms with van der Waals surface area (Å²) < 4.78 is 5.57. The first-order valence-electron chi connectivity index (χ1n) is 7.45. The fourth-order valence-corrected chi connectivity index (χ4v) is 3.15. The molecule has 3 heteroatoms. The van der Waals surface area contributed by atoms with E-state index in [1.54, 1.807) is 0 Å². The van der Waals surface area contributed by atoms with Crippen molar-refractivity contribution in [1.29, 1.82) is 0 Å². The highest BCUT2D eigenvalue weighted by Gasteiger charge is 2.22. The van der Waals surface area contributed by atoms with Gasteiger partial charge in [-0.3, -0.25) is 4.90 Å². The van der Waals surface area contributed by atoms with Gasteiger partial charge in [-0.05, 0) is 45.2 Å². The molecule has 2 atom stereocenters. The predicted molar refractivity (Wildman–Crippen MR) is 71.3 cm³/mol. The molecule has 2 unspecified atom stereocenters. The summed E-state index contributed by atoms with van der Waals surface area (Å²) in [5.74, 6) is 0. The van der Waals surface area contributed by atoms with Crippen LogP contribution >= 0.6 is 0 Å². The average molecular weight is 240 g/mol. The lowest BCUT2D eigenvalue weighted by Gasteiger charge is -2.34. The summed E-state index contributed by atoms with van der Waals surface area (Å²) in [7, 11) is 0. The minimum absolute atomic E-state index is 0.730. The van der Waals surface area contributed by atoms with Crippen LogP contribution in [0.5, 0.6) is 0 Å². The molecule has 100 valence electrons. The molecule has 0 bridgehead atoms. The van der Waals surface area contributed by atoms with Crippen molar-refractivity contribution in [1.82, 2.24) is 10.2 Å². The lowest BCUT2D eigenvalue weighted by atomic mass is 10.0. The van der Waals surface area contributed by atoms with Gasteiger partial charge in [-0.15, -0.1) is 0 Å². The van der Waals surface area contributed by atoms with Gasteiger partial charge in [0.05, 0.1) is 0 Å². The lowest BCUT2D eigenvalue weighted by Crippen LogP contribution is -2.47. The molecule has 2 rings (SSSR count). The Hall–Kier alpha value is -0.120. The molecule has 2 heterocycles. The molecule has 2 fully saturated rings. The molecule has 0 radical (unpaired) electrons. The lowest BCUT2D eigenvalue weighted by molar-refractivity contribution is 0.124. The summed E-state index contributed by atoms with van der Waals surface area (Å²) in [6.07, 6.45) is 7.91. The summed E-state index contributed by atoms with van der Waals surface area (Å²) in [4.78, 5) is 2.68. The Morgan fingerprint density at radius 1 is 1.12 bits per heavy atom. The summed E-state index contributed by atoms with van der Waals surface area (Å²) in [6, 6.07) is 1.49. The minimum atomic E-state index is 0.730. The Morgan fingerprint density at radius 2 is 2.06 bits per heavy atom. The third-order valence-electron chi connectivity index (χ3n) is 4.21. The van der Waals surface area contributed by atoms with Crippen molar-refractivity contribution in [2.24, 2.45) is 0 Å². The maximum Gasteiger partial charge on any atom is 0.0480 e. The maximum atomic E-state index is 5.57. The molecule has 1 N–H and O–H groups in total. The van der Waals surface area contributed by atoms with Crippen LogP contribution in [0.3, 0.4) is 0 Å². The van der Waals surface area contributed by atoms with Gasteiger partial charge in [0, 0.05) is 31.8 Å². The van der Waals surface area contributed by atoms with Crippen molar-refractivity contribution in [3.8, 4) is 0 Å². The Labute approximate surface area is 106 Å². The molecule has 0 saturated carbocycles. The molecule has 2 aliphatic heterocycles. The summed E-state index contributed by atoms with van der Waals surface area (Å²) in [6.45, 7) is 7.86. The summed E-state index contributed by atoms with van der Waals surface area (Å²) >= 11 is 0. The highest BCUT2D eigenvalue weighted by molar-refractivity contribution is 4.80. The Kier molecular flexibility index (Phi) is 5.75. The van der Waals surface area contributed by atoms with Crippen LogP contribution in [0.4, 0.5) is 0 Å². The molecule has 0 spiro atoms. The molecule has 0 aliphatic carbocycles. The van der Waals surface area contributed by atoms with Crippen LogP contribution in [0.15, 0.2) is 0 Å². The van der Waals surface area contributed by atoms with Crippen molar-refractivity contribution in [3.63, 3.8) is 0 Å². The predicted octanol–water partition coefficient (Wildman–Crippen LogP) is 2.02. The van der Waals surface area contributed by atoms with Crippen LogP contribution in [0.2, 0.25) is 0 Å². The molecule has 0 amide bonds. The standard InChI is InChI=1S/C14H28N2O/c1-2-16(12-13-6-3-4-9-15-13)14-7-5-10-17-11-8-14/h13-15H,2-12H2,1H3. The first kappa shape index (κ1) is 13.3. The molecule has 2 saturated heterocycles. The SMILES string of the molecule is CCN(CC1CCCCN1)C1CCCOCC1. The normalized spacial score (nSPS) is 31.4. The van der Waals surface area contributed by atoms with Crippen molar-refractivity contribution in [3.05, 3.63) is 0 Å². The van der Waals surface area contributed by atoms with Gasteiger partial charge in [0.1, 0.15) is 0 Å². The smallest absolute Gasteiger partial charge is 0.0480 e. The van der Waals surface area contributed by atoms with Crippen molar-refractivity contribution in [2.75, 3.05) is 32.8 Å². The fourth-order valence-electron chi connectivity index (χ4n) is 3.15. The van der Waals surface area contributed by atoms with Gasteiger partial charge in [-0.1, -0.05) is 13.3 Å². The third kappa shape index (κ3) is 4.23. The topological polar surface area (TPSA) is 24.5 Å². The van der Waals surface area contributed by atoms with Gasteiger partial charge in [-0.25, -0.2) is 0 Å². The number of piperidine rings is 1. The molecule has 17 heavy (non-hydrogen) atoms. The molecular formula is C14H28N2O. The van der Waals surface area contributed by atoms with E-state index >= 15 is 0 Å². The van der Waals surface area contributed by atoms with Crippen LogP contribution in [0.25, 0.3) is 0 Å². The van der Waals surface area contributed by atoms with Gasteiger partial charge in [0.2, 0.25) is 0 Å². The molecule has 0 aromatic carbocycles. The molecular weight excluding hydrogens is 212 g/mol. The molecule has 0 aromatic rings. The summed E-state index contributed by atoms with van der Waals surface area (Å²) in [5, 5.41) is 3.67. The summed E-state index contributed by atoms with van der Waals surface area (Å²) in [5.41, 5.74) is 0. The third-order valence-corrected chi connectivity index (χ3v) is 4.21. The van der Waals surface area contributed by atoms with Crippen molar-refractivity contribution in [2.45, 2.75) is 57.5 Å². The van der Waals surface area contributed by atoms with E-state index in [1.807, 2.05) is 0 Å². The Balaban J connectivity index is 1.81. The number of ether oxygens (including phenoxy) is 1. The number of likely N-dealkylation sites (N-methyl/N-ethyl adjacent to an activating group) is 1. The van der Waals surface area contributed by atoms with Crippen LogP contribution < -0.4 is 5.32 Å². The average Bonchev–Trinajstić information content (AvgIpc) is 2.66. The number of nitrogens with zero attached hydrogens (tertiary/aromatic N) is 1. The highest BCUT2D eigenvalue weighted by atomic mass is 16.5. The number of hydrogen-bond donors (Lipinski definition) is 1. The first-order valence-corrected chi connectivity index (χ1v) is 7.45. The van der Waals surface area contributed by atoms with E-state index in [1.165, 1.54) is 58.2 Å². The van der Waals surface area contributed by atoms with E-state index < -0.39 is 0 Å². The zero-order valence-electron chi connectivity index (χ0n) is 11.3. The Bertz CT molecular complexity index is 196. The van der Waals surface area contributed by atoms with Gasteiger partial charge in [0.25, 0.3) is 0 Å². The van der Waals surface area contributed by atoms with E-state index in [0.717, 1.165) is 25.3 Å². The Morgan fingerprint density at radius 3 is 2.82 bits per heavy atom. The molecule has 0 aromatic heterocycles. The second kappa shape index (κ2) is 7.34. The van der Waals surface area contributed by atoms with Gasteiger partial charge < -0.3 is 10.1 Å². The second-order valence-electron chi connectivity index (χ2n) is 5.43. The quantitative estimate of drug-likeness (QED) is 0.813. The van der Waals surface area contributed by atoms with Crippen molar-refractivity contribution < 1.29 is 4.74 Å². The number of nitrogens with one attached hydrogen (secondary N) is 1. The van der Waals surface area contributed by atoms with E-state index in [-0.39, 0.29) is 0 Å². The van der Waals surface area contributed by atoms with E-state index in [4.69, 9.17) is 4.74 Å². The molecule has 3 nitrogen and oxygen atoms in total. The van der Waals surface area contributed by atoms with E-state index in [0.29, 0.717) is 0 Å². The fraction of sp³-hybridized carbons (Fsp3) is 1.00. The first-order chi connectivity index (χ1) is 8.40. The largest absolute Gasteiger partial charge is 0.381 e. The van der Waals surface area contributed by atoms with Crippen molar-refractivity contribution >= 4 is 0 Å². The number of hydrogen-bond acceptors (Lipinski definition) is 3. The zero-order chi connectivity index (χ0) is 11.9. The van der Waals surface area contributed by atoms with Gasteiger partial charge >= 0.3 is 0 Å². The van der Waals surface area contributed by atoms with Gasteiger partial charge in [-0.2, -0.15) is 0 Å². The van der Waals surface area contributed by atoms with E-state index in [9.17, 15) is 0 Å².